The standard InChI is InChI=1S/C19H23N3O2/c1-14-16(21-19(24-14)15-8-5-4-6-9-15)12-20-13-17(22(2)3)18-10-7-11-23-18/h4-11,17,20H,12-13H2,1-3H3/t17-/m0/s1. The number of nitrogens with zero attached hydrogens (tertiary/aromatic N) is 2. The minimum Gasteiger partial charge on any atom is -0.468 e. The van der Waals surface area contributed by atoms with Crippen molar-refractivity contribution in [2.75, 3.05) is 20.6 Å². The number of hydrogen-bond acceptors (Lipinski definition) is 5. The van der Waals surface area contributed by atoms with Crippen LogP contribution >= 0.6 is 0 Å². The SMILES string of the molecule is Cc1oc(-c2ccccc2)nc1CNC[C@@H](c1ccco1)N(C)C. The third-order valence-corrected chi connectivity index (χ3v) is 4.04. The number of aryl methyl sites for hydroxylation is 1. The van der Waals surface area contributed by atoms with E-state index in [0.29, 0.717) is 12.4 Å². The molecule has 0 spiro atoms. The molecule has 1 atom stereocenters. The number of aromatic nitrogens is 1. The van der Waals surface area contributed by atoms with Crippen molar-refractivity contribution in [3.63, 3.8) is 0 Å². The third-order valence-electron chi connectivity index (χ3n) is 4.04. The largest absolute Gasteiger partial charge is 0.468 e. The molecule has 2 heterocycles. The Kier molecular flexibility index (Phi) is 5.13. The lowest BCUT2D eigenvalue weighted by Gasteiger charge is -2.22. The van der Waals surface area contributed by atoms with Crippen LogP contribution in [0.2, 0.25) is 0 Å². The van der Waals surface area contributed by atoms with Crippen molar-refractivity contribution < 1.29 is 8.83 Å². The summed E-state index contributed by atoms with van der Waals surface area (Å²) in [4.78, 5) is 6.75. The van der Waals surface area contributed by atoms with E-state index < -0.39 is 0 Å². The quantitative estimate of drug-likeness (QED) is 0.719. The normalized spacial score (nSPS) is 12.7. The molecular weight excluding hydrogens is 302 g/mol. The summed E-state index contributed by atoms with van der Waals surface area (Å²) in [5.74, 6) is 2.47. The number of nitrogens with one attached hydrogen (secondary N) is 1. The molecule has 5 nitrogen and oxygen atoms in total. The Labute approximate surface area is 142 Å². The number of furan rings is 1. The number of oxazole rings is 1. The topological polar surface area (TPSA) is 54.4 Å². The molecule has 0 fully saturated rings. The lowest BCUT2D eigenvalue weighted by atomic mass is 10.2. The van der Waals surface area contributed by atoms with Gasteiger partial charge in [-0.25, -0.2) is 4.98 Å². The molecular formula is C19H23N3O2. The summed E-state index contributed by atoms with van der Waals surface area (Å²) in [5.41, 5.74) is 1.93. The molecule has 0 bridgehead atoms. The van der Waals surface area contributed by atoms with Crippen molar-refractivity contribution in [2.45, 2.75) is 19.5 Å². The molecule has 3 rings (SSSR count). The van der Waals surface area contributed by atoms with E-state index in [1.54, 1.807) is 6.26 Å². The molecule has 1 aromatic carbocycles. The van der Waals surface area contributed by atoms with E-state index >= 15 is 0 Å². The van der Waals surface area contributed by atoms with Crippen molar-refractivity contribution in [2.24, 2.45) is 0 Å². The smallest absolute Gasteiger partial charge is 0.226 e. The Hall–Kier alpha value is -2.37. The van der Waals surface area contributed by atoms with E-state index in [-0.39, 0.29) is 6.04 Å². The highest BCUT2D eigenvalue weighted by Crippen LogP contribution is 2.22. The van der Waals surface area contributed by atoms with E-state index in [2.05, 4.69) is 15.2 Å². The van der Waals surface area contributed by atoms with Gasteiger partial charge < -0.3 is 14.2 Å². The lowest BCUT2D eigenvalue weighted by molar-refractivity contribution is 0.250. The molecule has 5 heteroatoms. The fourth-order valence-electron chi connectivity index (χ4n) is 2.64. The average Bonchev–Trinajstić information content (AvgIpc) is 3.22. The van der Waals surface area contributed by atoms with Crippen LogP contribution in [0.15, 0.2) is 57.6 Å². The van der Waals surface area contributed by atoms with Gasteiger partial charge in [0.1, 0.15) is 11.5 Å². The van der Waals surface area contributed by atoms with Crippen LogP contribution in [0.1, 0.15) is 23.3 Å². The lowest BCUT2D eigenvalue weighted by Crippen LogP contribution is -2.30. The first-order valence-corrected chi connectivity index (χ1v) is 8.07. The van der Waals surface area contributed by atoms with Crippen LogP contribution in [0, 0.1) is 6.92 Å². The molecule has 0 radical (unpaired) electrons. The van der Waals surface area contributed by atoms with Gasteiger partial charge >= 0.3 is 0 Å². The summed E-state index contributed by atoms with van der Waals surface area (Å²) in [5, 5.41) is 3.45. The molecule has 0 aliphatic rings. The summed E-state index contributed by atoms with van der Waals surface area (Å²) in [7, 11) is 4.09. The van der Waals surface area contributed by atoms with E-state index in [1.807, 2.05) is 63.5 Å². The van der Waals surface area contributed by atoms with Crippen LogP contribution in [0.4, 0.5) is 0 Å². The van der Waals surface area contributed by atoms with E-state index in [4.69, 9.17) is 8.83 Å². The minimum absolute atomic E-state index is 0.181. The fourth-order valence-corrected chi connectivity index (χ4v) is 2.64. The molecule has 0 aliphatic carbocycles. The van der Waals surface area contributed by atoms with Gasteiger partial charge in [0.05, 0.1) is 18.0 Å². The van der Waals surface area contributed by atoms with Crippen molar-refractivity contribution in [3.8, 4) is 11.5 Å². The Morgan fingerprint density at radius 3 is 2.58 bits per heavy atom. The number of hydrogen-bond donors (Lipinski definition) is 1. The van der Waals surface area contributed by atoms with Crippen molar-refractivity contribution in [1.29, 1.82) is 0 Å². The number of rotatable bonds is 7. The Morgan fingerprint density at radius 1 is 1.12 bits per heavy atom. The van der Waals surface area contributed by atoms with Crippen LogP contribution in [0.5, 0.6) is 0 Å². The molecule has 0 amide bonds. The van der Waals surface area contributed by atoms with Crippen molar-refractivity contribution in [1.82, 2.24) is 15.2 Å². The highest BCUT2D eigenvalue weighted by molar-refractivity contribution is 5.53. The number of likely N-dealkylation sites (N-methyl/N-ethyl adjacent to an activating group) is 1. The summed E-state index contributed by atoms with van der Waals surface area (Å²) >= 11 is 0. The summed E-state index contributed by atoms with van der Waals surface area (Å²) in [6.45, 7) is 3.38. The zero-order valence-corrected chi connectivity index (χ0v) is 14.3. The van der Waals surface area contributed by atoms with Gasteiger partial charge in [-0.2, -0.15) is 0 Å². The van der Waals surface area contributed by atoms with Crippen LogP contribution in [-0.4, -0.2) is 30.5 Å². The predicted octanol–water partition coefficient (Wildman–Crippen LogP) is 3.64. The summed E-state index contributed by atoms with van der Waals surface area (Å²) < 4.78 is 11.3. The van der Waals surface area contributed by atoms with E-state index in [9.17, 15) is 0 Å². The third kappa shape index (κ3) is 3.75. The second-order valence-corrected chi connectivity index (χ2v) is 6.01. The zero-order valence-electron chi connectivity index (χ0n) is 14.3. The highest BCUT2D eigenvalue weighted by atomic mass is 16.4. The zero-order chi connectivity index (χ0) is 16.9. The van der Waals surface area contributed by atoms with Crippen LogP contribution < -0.4 is 5.32 Å². The van der Waals surface area contributed by atoms with Gasteiger partial charge in [0.2, 0.25) is 5.89 Å². The second-order valence-electron chi connectivity index (χ2n) is 6.01. The van der Waals surface area contributed by atoms with Gasteiger partial charge in [0.15, 0.2) is 0 Å². The molecule has 0 aliphatic heterocycles. The van der Waals surface area contributed by atoms with Crippen molar-refractivity contribution >= 4 is 0 Å². The Bertz CT molecular complexity index is 748. The van der Waals surface area contributed by atoms with Crippen LogP contribution in [0.25, 0.3) is 11.5 Å². The second kappa shape index (κ2) is 7.47. The molecule has 0 unspecified atom stereocenters. The fraction of sp³-hybridized carbons (Fsp3) is 0.316. The highest BCUT2D eigenvalue weighted by Gasteiger charge is 2.17. The van der Waals surface area contributed by atoms with Gasteiger partial charge in [0, 0.05) is 18.7 Å². The maximum absolute atomic E-state index is 5.80. The van der Waals surface area contributed by atoms with Gasteiger partial charge in [-0.1, -0.05) is 18.2 Å². The molecule has 3 aromatic rings. The summed E-state index contributed by atoms with van der Waals surface area (Å²) in [6.07, 6.45) is 1.71. The predicted molar refractivity (Wildman–Crippen MR) is 93.5 cm³/mol. The molecule has 126 valence electrons. The Morgan fingerprint density at radius 2 is 1.92 bits per heavy atom. The molecule has 2 aromatic heterocycles. The first kappa shape index (κ1) is 16.5. The summed E-state index contributed by atoms with van der Waals surface area (Å²) in [6, 6.07) is 14.1. The molecule has 24 heavy (non-hydrogen) atoms. The van der Waals surface area contributed by atoms with E-state index in [0.717, 1.165) is 29.3 Å². The molecule has 0 saturated heterocycles. The first-order chi connectivity index (χ1) is 11.6. The van der Waals surface area contributed by atoms with Crippen LogP contribution in [-0.2, 0) is 6.54 Å². The molecule has 1 N–H and O–H groups in total. The van der Waals surface area contributed by atoms with Crippen molar-refractivity contribution in [3.05, 3.63) is 65.9 Å². The maximum Gasteiger partial charge on any atom is 0.226 e. The average molecular weight is 325 g/mol. The molecule has 0 saturated carbocycles. The maximum atomic E-state index is 5.80. The number of benzene rings is 1. The monoisotopic (exact) mass is 325 g/mol. The van der Waals surface area contributed by atoms with Gasteiger partial charge in [-0.15, -0.1) is 0 Å². The van der Waals surface area contributed by atoms with Gasteiger partial charge in [-0.05, 0) is 45.3 Å². The Balaban J connectivity index is 1.64. The van der Waals surface area contributed by atoms with Gasteiger partial charge in [-0.3, -0.25) is 4.90 Å². The van der Waals surface area contributed by atoms with E-state index in [1.165, 1.54) is 0 Å². The van der Waals surface area contributed by atoms with Gasteiger partial charge in [0.25, 0.3) is 0 Å². The minimum atomic E-state index is 0.181. The van der Waals surface area contributed by atoms with Crippen LogP contribution in [0.3, 0.4) is 0 Å². The first-order valence-electron chi connectivity index (χ1n) is 8.07.